The van der Waals surface area contributed by atoms with Crippen LogP contribution in [0.3, 0.4) is 0 Å². The number of hydrogen-bond donors (Lipinski definition) is 0. The topological polar surface area (TPSA) is 49.9 Å². The highest BCUT2D eigenvalue weighted by Gasteiger charge is 2.37. The van der Waals surface area contributed by atoms with Crippen molar-refractivity contribution in [1.82, 2.24) is 9.80 Å². The molecule has 2 saturated heterocycles. The van der Waals surface area contributed by atoms with Gasteiger partial charge in [-0.15, -0.1) is 0 Å². The number of nitrogens with zero attached hydrogens (tertiary/aromatic N) is 2. The number of hydrogen-bond acceptors (Lipinski definition) is 3. The SMILES string of the molecule is CC1CCN([C@H]2CCCN(C(=O)OC(C)(C)C)C2)C1=O. The van der Waals surface area contributed by atoms with E-state index >= 15 is 0 Å². The normalized spacial score (nSPS) is 27.9. The summed E-state index contributed by atoms with van der Waals surface area (Å²) in [7, 11) is 0. The van der Waals surface area contributed by atoms with E-state index in [2.05, 4.69) is 0 Å². The molecule has 0 aromatic heterocycles. The minimum atomic E-state index is -0.470. The largest absolute Gasteiger partial charge is 0.444 e. The molecule has 2 heterocycles. The van der Waals surface area contributed by atoms with E-state index in [9.17, 15) is 9.59 Å². The first-order valence-corrected chi connectivity index (χ1v) is 7.56. The van der Waals surface area contributed by atoms with Gasteiger partial charge in [-0.25, -0.2) is 4.79 Å². The number of ether oxygens (including phenoxy) is 1. The zero-order chi connectivity index (χ0) is 14.9. The maximum atomic E-state index is 12.1. The van der Waals surface area contributed by atoms with Crippen molar-refractivity contribution in [3.63, 3.8) is 0 Å². The van der Waals surface area contributed by atoms with E-state index in [1.807, 2.05) is 32.6 Å². The number of amides is 2. The fraction of sp³-hybridized carbons (Fsp3) is 0.867. The number of rotatable bonds is 1. The first-order chi connectivity index (χ1) is 9.28. The van der Waals surface area contributed by atoms with Crippen LogP contribution in [-0.2, 0) is 9.53 Å². The van der Waals surface area contributed by atoms with E-state index < -0.39 is 5.60 Å². The molecule has 2 aliphatic heterocycles. The van der Waals surface area contributed by atoms with Gasteiger partial charge in [-0.05, 0) is 40.0 Å². The average Bonchev–Trinajstić information content (AvgIpc) is 2.68. The summed E-state index contributed by atoms with van der Waals surface area (Å²) in [5, 5.41) is 0. The molecule has 2 rings (SSSR count). The van der Waals surface area contributed by atoms with Crippen LogP contribution >= 0.6 is 0 Å². The van der Waals surface area contributed by atoms with Gasteiger partial charge in [-0.1, -0.05) is 6.92 Å². The molecule has 5 heteroatoms. The fourth-order valence-electron chi connectivity index (χ4n) is 2.91. The molecule has 2 amide bonds. The standard InChI is InChI=1S/C15H26N2O3/c1-11-7-9-17(13(11)18)12-6-5-8-16(10-12)14(19)20-15(2,3)4/h11-12H,5-10H2,1-4H3/t11?,12-/m0/s1. The van der Waals surface area contributed by atoms with Crippen LogP contribution in [0.4, 0.5) is 4.79 Å². The summed E-state index contributed by atoms with van der Waals surface area (Å²) in [5.41, 5.74) is -0.470. The van der Waals surface area contributed by atoms with Crippen LogP contribution in [0.15, 0.2) is 0 Å². The predicted molar refractivity (Wildman–Crippen MR) is 76.3 cm³/mol. The quantitative estimate of drug-likeness (QED) is 0.741. The van der Waals surface area contributed by atoms with Gasteiger partial charge in [0.2, 0.25) is 5.91 Å². The Morgan fingerprint density at radius 2 is 1.95 bits per heavy atom. The zero-order valence-corrected chi connectivity index (χ0v) is 13.0. The Kier molecular flexibility index (Phi) is 4.25. The van der Waals surface area contributed by atoms with Gasteiger partial charge in [0.1, 0.15) is 5.60 Å². The maximum Gasteiger partial charge on any atom is 0.410 e. The highest BCUT2D eigenvalue weighted by atomic mass is 16.6. The highest BCUT2D eigenvalue weighted by molar-refractivity contribution is 5.81. The number of piperidine rings is 1. The summed E-state index contributed by atoms with van der Waals surface area (Å²) >= 11 is 0. The predicted octanol–water partition coefficient (Wildman–Crippen LogP) is 2.25. The van der Waals surface area contributed by atoms with Gasteiger partial charge in [0.15, 0.2) is 0 Å². The number of carbonyl (C=O) groups is 2. The molecule has 0 aromatic carbocycles. The van der Waals surface area contributed by atoms with Crippen LogP contribution in [0, 0.1) is 5.92 Å². The molecule has 0 spiro atoms. The molecule has 0 aliphatic carbocycles. The Morgan fingerprint density at radius 1 is 1.25 bits per heavy atom. The van der Waals surface area contributed by atoms with Crippen molar-refractivity contribution in [1.29, 1.82) is 0 Å². The smallest absolute Gasteiger partial charge is 0.410 e. The summed E-state index contributed by atoms with van der Waals surface area (Å²) in [6.45, 7) is 9.76. The molecule has 20 heavy (non-hydrogen) atoms. The van der Waals surface area contributed by atoms with E-state index in [0.717, 1.165) is 32.4 Å². The second-order valence-electron chi connectivity index (χ2n) is 6.94. The van der Waals surface area contributed by atoms with Crippen LogP contribution in [-0.4, -0.2) is 53.1 Å². The monoisotopic (exact) mass is 282 g/mol. The van der Waals surface area contributed by atoms with E-state index in [1.165, 1.54) is 0 Å². The molecule has 0 aromatic rings. The summed E-state index contributed by atoms with van der Waals surface area (Å²) < 4.78 is 5.42. The van der Waals surface area contributed by atoms with Crippen molar-refractivity contribution in [3.8, 4) is 0 Å². The highest BCUT2D eigenvalue weighted by Crippen LogP contribution is 2.25. The Balaban J connectivity index is 1.95. The van der Waals surface area contributed by atoms with Crippen LogP contribution in [0.25, 0.3) is 0 Å². The fourth-order valence-corrected chi connectivity index (χ4v) is 2.91. The number of carbonyl (C=O) groups excluding carboxylic acids is 2. The summed E-state index contributed by atoms with van der Waals surface area (Å²) in [4.78, 5) is 27.9. The van der Waals surface area contributed by atoms with Gasteiger partial charge < -0.3 is 14.5 Å². The first-order valence-electron chi connectivity index (χ1n) is 7.56. The summed E-state index contributed by atoms with van der Waals surface area (Å²) in [5.74, 6) is 0.368. The molecule has 2 aliphatic rings. The molecule has 0 bridgehead atoms. The van der Waals surface area contributed by atoms with E-state index in [-0.39, 0.29) is 24.0 Å². The first kappa shape index (κ1) is 15.1. The summed E-state index contributed by atoms with van der Waals surface area (Å²) in [6, 6.07) is 0.161. The molecule has 1 unspecified atom stereocenters. The lowest BCUT2D eigenvalue weighted by molar-refractivity contribution is -0.133. The Morgan fingerprint density at radius 3 is 2.50 bits per heavy atom. The van der Waals surface area contributed by atoms with Gasteiger partial charge in [0, 0.05) is 31.6 Å². The van der Waals surface area contributed by atoms with Gasteiger partial charge >= 0.3 is 6.09 Å². The van der Waals surface area contributed by atoms with E-state index in [4.69, 9.17) is 4.74 Å². The van der Waals surface area contributed by atoms with Gasteiger partial charge in [0.05, 0.1) is 0 Å². The molecular weight excluding hydrogens is 256 g/mol. The molecular formula is C15H26N2O3. The third-order valence-corrected chi connectivity index (χ3v) is 4.00. The van der Waals surface area contributed by atoms with Crippen molar-refractivity contribution in [3.05, 3.63) is 0 Å². The van der Waals surface area contributed by atoms with Crippen LogP contribution in [0.2, 0.25) is 0 Å². The van der Waals surface area contributed by atoms with Crippen molar-refractivity contribution in [2.45, 2.75) is 58.6 Å². The maximum absolute atomic E-state index is 12.1. The average molecular weight is 282 g/mol. The minimum absolute atomic E-state index is 0.131. The molecule has 5 nitrogen and oxygen atoms in total. The van der Waals surface area contributed by atoms with E-state index in [0.29, 0.717) is 6.54 Å². The van der Waals surface area contributed by atoms with Crippen LogP contribution in [0.5, 0.6) is 0 Å². The second-order valence-corrected chi connectivity index (χ2v) is 6.94. The molecule has 0 saturated carbocycles. The molecule has 0 radical (unpaired) electrons. The Labute approximate surface area is 121 Å². The number of likely N-dealkylation sites (tertiary alicyclic amines) is 2. The third kappa shape index (κ3) is 3.44. The van der Waals surface area contributed by atoms with Crippen molar-refractivity contribution >= 4 is 12.0 Å². The lowest BCUT2D eigenvalue weighted by Crippen LogP contribution is -2.51. The van der Waals surface area contributed by atoms with Gasteiger partial charge in [-0.3, -0.25) is 4.79 Å². The Bertz CT molecular complexity index is 389. The molecule has 2 atom stereocenters. The third-order valence-electron chi connectivity index (χ3n) is 4.00. The van der Waals surface area contributed by atoms with Gasteiger partial charge in [-0.2, -0.15) is 0 Å². The molecule has 0 N–H and O–H groups in total. The Hall–Kier alpha value is -1.26. The van der Waals surface area contributed by atoms with Crippen molar-refractivity contribution in [2.75, 3.05) is 19.6 Å². The minimum Gasteiger partial charge on any atom is -0.444 e. The van der Waals surface area contributed by atoms with Crippen molar-refractivity contribution in [2.24, 2.45) is 5.92 Å². The van der Waals surface area contributed by atoms with Crippen LogP contribution < -0.4 is 0 Å². The summed E-state index contributed by atoms with van der Waals surface area (Å²) in [6.07, 6.45) is 2.59. The zero-order valence-electron chi connectivity index (χ0n) is 13.0. The van der Waals surface area contributed by atoms with Crippen molar-refractivity contribution < 1.29 is 14.3 Å². The molecule has 2 fully saturated rings. The lowest BCUT2D eigenvalue weighted by Gasteiger charge is -2.38. The lowest BCUT2D eigenvalue weighted by atomic mass is 10.0. The van der Waals surface area contributed by atoms with E-state index in [1.54, 1.807) is 4.90 Å². The van der Waals surface area contributed by atoms with Gasteiger partial charge in [0.25, 0.3) is 0 Å². The second kappa shape index (κ2) is 5.62. The van der Waals surface area contributed by atoms with Crippen LogP contribution in [0.1, 0.15) is 47.0 Å². The molecule has 114 valence electrons.